The van der Waals surface area contributed by atoms with E-state index in [9.17, 15) is 9.36 Å². The molecule has 0 saturated heterocycles. The van der Waals surface area contributed by atoms with Crippen LogP contribution in [0.1, 0.15) is 53.9 Å². The molecule has 2 atom stereocenters. The number of aliphatic carboxylic acids is 1. The van der Waals surface area contributed by atoms with Crippen molar-refractivity contribution in [1.29, 1.82) is 0 Å². The molecule has 1 unspecified atom stereocenters. The summed E-state index contributed by atoms with van der Waals surface area (Å²) in [5.74, 6) is -0.521. The minimum absolute atomic E-state index is 0.0467. The Morgan fingerprint density at radius 1 is 1.24 bits per heavy atom. The molecule has 0 aliphatic heterocycles. The van der Waals surface area contributed by atoms with Crippen molar-refractivity contribution in [2.45, 2.75) is 53.9 Å². The van der Waals surface area contributed by atoms with E-state index in [-0.39, 0.29) is 23.2 Å². The van der Waals surface area contributed by atoms with Crippen LogP contribution >= 0.6 is 8.46 Å². The minimum Gasteiger partial charge on any atom is -0.481 e. The van der Waals surface area contributed by atoms with Crippen LogP contribution in [0.5, 0.6) is 0 Å². The zero-order chi connectivity index (χ0) is 13.7. The van der Waals surface area contributed by atoms with Crippen molar-refractivity contribution < 1.29 is 14.5 Å². The van der Waals surface area contributed by atoms with E-state index >= 15 is 0 Å². The third-order valence-corrected chi connectivity index (χ3v) is 3.94. The van der Waals surface area contributed by atoms with Crippen molar-refractivity contribution in [3.05, 3.63) is 0 Å². The minimum atomic E-state index is -0.798. The maximum Gasteiger partial charge on any atom is 0.303 e. The standard InChI is InChI=1S/C13H27O3P/c1-12(2,3)9-13(4,5)10(8-17-16)6-7-11(14)15/h10H,6-9,17H2,1-5H3,(H,14,15)/t10-/m0/s1. The predicted molar refractivity (Wildman–Crippen MR) is 73.5 cm³/mol. The maximum atomic E-state index is 10.9. The molecule has 3 nitrogen and oxygen atoms in total. The van der Waals surface area contributed by atoms with Gasteiger partial charge in [-0.2, -0.15) is 0 Å². The lowest BCUT2D eigenvalue weighted by Crippen LogP contribution is -2.30. The maximum absolute atomic E-state index is 10.9. The molecular weight excluding hydrogens is 235 g/mol. The smallest absolute Gasteiger partial charge is 0.303 e. The van der Waals surface area contributed by atoms with Crippen LogP contribution in [0, 0.1) is 16.7 Å². The molecule has 0 bridgehead atoms. The third kappa shape index (κ3) is 7.59. The number of carboxylic acids is 1. The summed E-state index contributed by atoms with van der Waals surface area (Å²) in [4.78, 5) is 10.6. The summed E-state index contributed by atoms with van der Waals surface area (Å²) in [7, 11) is -0.798. The molecule has 0 aromatic rings. The second kappa shape index (κ2) is 6.58. The zero-order valence-corrected chi connectivity index (χ0v) is 12.9. The number of hydrogen-bond acceptors (Lipinski definition) is 2. The Bertz CT molecular complexity index is 266. The van der Waals surface area contributed by atoms with Crippen molar-refractivity contribution in [1.82, 2.24) is 0 Å². The average molecular weight is 262 g/mol. The van der Waals surface area contributed by atoms with Crippen LogP contribution in [0.3, 0.4) is 0 Å². The summed E-state index contributed by atoms with van der Waals surface area (Å²) in [6.07, 6.45) is 2.49. The first-order chi connectivity index (χ1) is 7.58. The molecule has 0 saturated carbocycles. The molecule has 0 aliphatic carbocycles. The van der Waals surface area contributed by atoms with Gasteiger partial charge in [-0.1, -0.05) is 34.6 Å². The average Bonchev–Trinajstić information content (AvgIpc) is 2.07. The lowest BCUT2D eigenvalue weighted by molar-refractivity contribution is -0.137. The van der Waals surface area contributed by atoms with Crippen molar-refractivity contribution in [2.75, 3.05) is 6.16 Å². The molecule has 0 fully saturated rings. The van der Waals surface area contributed by atoms with Crippen LogP contribution in [0.15, 0.2) is 0 Å². The molecule has 4 heteroatoms. The Kier molecular flexibility index (Phi) is 6.47. The largest absolute Gasteiger partial charge is 0.481 e. The third-order valence-electron chi connectivity index (χ3n) is 3.18. The molecule has 17 heavy (non-hydrogen) atoms. The first-order valence-electron chi connectivity index (χ1n) is 6.24. The molecule has 1 N–H and O–H groups in total. The Labute approximate surface area is 106 Å². The first kappa shape index (κ1) is 16.7. The van der Waals surface area contributed by atoms with Crippen molar-refractivity contribution in [3.8, 4) is 0 Å². The lowest BCUT2D eigenvalue weighted by Gasteiger charge is -2.38. The molecule has 0 aromatic carbocycles. The van der Waals surface area contributed by atoms with E-state index < -0.39 is 14.4 Å². The Balaban J connectivity index is 4.64. The molecule has 0 spiro atoms. The van der Waals surface area contributed by atoms with Gasteiger partial charge in [0.2, 0.25) is 0 Å². The Morgan fingerprint density at radius 2 is 1.76 bits per heavy atom. The molecule has 0 aliphatic rings. The summed E-state index contributed by atoms with van der Waals surface area (Å²) in [5.41, 5.74) is 0.258. The fourth-order valence-corrected chi connectivity index (χ4v) is 3.86. The normalized spacial score (nSPS) is 15.4. The molecular formula is C13H27O3P. The molecule has 0 amide bonds. The van der Waals surface area contributed by atoms with Gasteiger partial charge in [0.15, 0.2) is 0 Å². The van der Waals surface area contributed by atoms with Gasteiger partial charge in [0.25, 0.3) is 0 Å². The second-order valence-electron chi connectivity index (χ2n) is 6.76. The first-order valence-corrected chi connectivity index (χ1v) is 7.53. The fraction of sp³-hybridized carbons (Fsp3) is 0.923. The molecule has 0 rings (SSSR count). The van der Waals surface area contributed by atoms with Gasteiger partial charge in [-0.25, -0.2) is 0 Å². The van der Waals surface area contributed by atoms with Crippen LogP contribution in [-0.4, -0.2) is 17.2 Å². The Hall–Kier alpha value is -0.300. The van der Waals surface area contributed by atoms with E-state index in [1.165, 1.54) is 0 Å². The number of carbonyl (C=O) groups is 1. The summed E-state index contributed by atoms with van der Waals surface area (Å²) >= 11 is 0. The summed E-state index contributed by atoms with van der Waals surface area (Å²) in [5, 5.41) is 8.76. The van der Waals surface area contributed by atoms with Gasteiger partial charge in [-0.05, 0) is 35.8 Å². The highest BCUT2D eigenvalue weighted by atomic mass is 31.1. The SMILES string of the molecule is CC(C)(C)CC(C)(C)[C@@H](CCC(=O)O)C[PH2]=O. The van der Waals surface area contributed by atoms with Crippen molar-refractivity contribution >= 4 is 14.4 Å². The van der Waals surface area contributed by atoms with Gasteiger partial charge in [0, 0.05) is 6.42 Å². The van der Waals surface area contributed by atoms with Gasteiger partial charge in [0.1, 0.15) is 0 Å². The second-order valence-corrected chi connectivity index (χ2v) is 7.56. The topological polar surface area (TPSA) is 54.4 Å². The van der Waals surface area contributed by atoms with E-state index in [0.717, 1.165) is 6.42 Å². The summed E-state index contributed by atoms with van der Waals surface area (Å²) in [6, 6.07) is 0. The van der Waals surface area contributed by atoms with Crippen LogP contribution in [0.4, 0.5) is 0 Å². The number of rotatable bonds is 7. The molecule has 0 heterocycles. The monoisotopic (exact) mass is 262 g/mol. The van der Waals surface area contributed by atoms with Crippen LogP contribution < -0.4 is 0 Å². The predicted octanol–water partition coefficient (Wildman–Crippen LogP) is 3.69. The summed E-state index contributed by atoms with van der Waals surface area (Å²) < 4.78 is 10.9. The van der Waals surface area contributed by atoms with E-state index in [1.807, 2.05) is 0 Å². The van der Waals surface area contributed by atoms with E-state index in [1.54, 1.807) is 0 Å². The van der Waals surface area contributed by atoms with Gasteiger partial charge >= 0.3 is 5.97 Å². The van der Waals surface area contributed by atoms with Crippen LogP contribution in [0.2, 0.25) is 0 Å². The highest BCUT2D eigenvalue weighted by Gasteiger charge is 2.33. The van der Waals surface area contributed by atoms with Gasteiger partial charge in [-0.3, -0.25) is 4.79 Å². The quantitative estimate of drug-likeness (QED) is 0.712. The zero-order valence-electron chi connectivity index (χ0n) is 11.7. The van der Waals surface area contributed by atoms with E-state index in [4.69, 9.17) is 5.11 Å². The number of carboxylic acid groups (broad SMARTS) is 1. The van der Waals surface area contributed by atoms with Gasteiger partial charge in [-0.15, -0.1) is 0 Å². The highest BCUT2D eigenvalue weighted by molar-refractivity contribution is 7.23. The summed E-state index contributed by atoms with van der Waals surface area (Å²) in [6.45, 7) is 10.9. The molecule has 0 radical (unpaired) electrons. The highest BCUT2D eigenvalue weighted by Crippen LogP contribution is 2.42. The fourth-order valence-electron chi connectivity index (χ4n) is 2.75. The molecule has 0 aromatic heterocycles. The van der Waals surface area contributed by atoms with E-state index in [0.29, 0.717) is 12.6 Å². The van der Waals surface area contributed by atoms with Gasteiger partial charge in [0.05, 0.1) is 8.46 Å². The van der Waals surface area contributed by atoms with Gasteiger partial charge < -0.3 is 9.67 Å². The molecule has 102 valence electrons. The van der Waals surface area contributed by atoms with Crippen LogP contribution in [0.25, 0.3) is 0 Å². The lowest BCUT2D eigenvalue weighted by atomic mass is 9.68. The Morgan fingerprint density at radius 3 is 2.12 bits per heavy atom. The van der Waals surface area contributed by atoms with Crippen molar-refractivity contribution in [3.63, 3.8) is 0 Å². The van der Waals surface area contributed by atoms with Crippen LogP contribution in [-0.2, 0) is 9.36 Å². The van der Waals surface area contributed by atoms with E-state index in [2.05, 4.69) is 34.6 Å². The van der Waals surface area contributed by atoms with Crippen molar-refractivity contribution in [2.24, 2.45) is 16.7 Å². The number of hydrogen-bond donors (Lipinski definition) is 1.